The van der Waals surface area contributed by atoms with E-state index in [1.807, 2.05) is 55.5 Å². The number of aromatic amines is 1. The number of aliphatic hydroxyl groups excluding tert-OH is 1. The summed E-state index contributed by atoms with van der Waals surface area (Å²) in [5, 5.41) is 11.7. The maximum atomic E-state index is 13.1. The highest BCUT2D eigenvalue weighted by Crippen LogP contribution is 2.38. The zero-order chi connectivity index (χ0) is 25.9. The first-order valence-electron chi connectivity index (χ1n) is 12.7. The molecule has 3 atom stereocenters. The smallest absolute Gasteiger partial charge is 0.286 e. The number of H-pyrrole nitrogens is 1. The highest BCUT2D eigenvalue weighted by Gasteiger charge is 2.38. The largest absolute Gasteiger partial charge is 0.459 e. The number of carbonyl (C=O) groups excluding carboxylic acids is 1. The van der Waals surface area contributed by atoms with Crippen molar-refractivity contribution < 1.29 is 28.8 Å². The number of amides is 1. The number of benzene rings is 2. The Morgan fingerprint density at radius 2 is 1.81 bits per heavy atom. The summed E-state index contributed by atoms with van der Waals surface area (Å²) in [4.78, 5) is 20.9. The molecule has 1 aliphatic rings. The topological polar surface area (TPSA) is 115 Å². The zero-order valence-corrected chi connectivity index (χ0v) is 21.1. The van der Waals surface area contributed by atoms with Crippen LogP contribution in [0.3, 0.4) is 0 Å². The van der Waals surface area contributed by atoms with E-state index in [1.165, 1.54) is 0 Å². The summed E-state index contributed by atoms with van der Waals surface area (Å²) >= 11 is 0. The molecule has 2 heterocycles. The monoisotopic (exact) mass is 509 g/mol. The lowest BCUT2D eigenvalue weighted by Gasteiger charge is -2.37. The van der Waals surface area contributed by atoms with Crippen molar-refractivity contribution in [2.24, 2.45) is 5.92 Å². The third-order valence-corrected chi connectivity index (χ3v) is 6.18. The maximum Gasteiger partial charge on any atom is 0.286 e. The third-order valence-electron chi connectivity index (χ3n) is 6.18. The lowest BCUT2D eigenvalue weighted by atomic mass is 9.81. The van der Waals surface area contributed by atoms with Gasteiger partial charge in [0.25, 0.3) is 5.91 Å². The summed E-state index contributed by atoms with van der Waals surface area (Å²) in [5.74, 6) is 0.449. The molecule has 9 heteroatoms. The van der Waals surface area contributed by atoms with Crippen LogP contribution in [0.5, 0.6) is 0 Å². The van der Waals surface area contributed by atoms with Crippen LogP contribution in [0, 0.1) is 5.92 Å². The summed E-state index contributed by atoms with van der Waals surface area (Å²) in [6, 6.07) is 17.8. The van der Waals surface area contributed by atoms with Crippen molar-refractivity contribution in [3.63, 3.8) is 0 Å². The summed E-state index contributed by atoms with van der Waals surface area (Å²) in [5.41, 5.74) is 2.85. The van der Waals surface area contributed by atoms with Gasteiger partial charge in [-0.3, -0.25) is 4.79 Å². The van der Waals surface area contributed by atoms with Gasteiger partial charge in [0.05, 0.1) is 44.0 Å². The average molecular weight is 510 g/mol. The number of nitrogens with zero attached hydrogens (tertiary/aromatic N) is 1. The quantitative estimate of drug-likeness (QED) is 0.286. The Hall–Kier alpha value is -3.24. The molecular formula is C28H35N3O6. The molecule has 0 saturated heterocycles. The van der Waals surface area contributed by atoms with E-state index in [0.29, 0.717) is 45.3 Å². The first-order valence-corrected chi connectivity index (χ1v) is 12.7. The molecule has 0 bridgehead atoms. The van der Waals surface area contributed by atoms with E-state index in [-0.39, 0.29) is 36.7 Å². The maximum absolute atomic E-state index is 13.1. The molecule has 1 aromatic heterocycles. The number of hydrogen-bond acceptors (Lipinski definition) is 7. The van der Waals surface area contributed by atoms with Gasteiger partial charge in [0, 0.05) is 25.0 Å². The third kappa shape index (κ3) is 7.39. The van der Waals surface area contributed by atoms with E-state index in [2.05, 4.69) is 27.4 Å². The number of ether oxygens (including phenoxy) is 4. The van der Waals surface area contributed by atoms with Gasteiger partial charge in [-0.1, -0.05) is 42.5 Å². The molecule has 1 aliphatic heterocycles. The number of hydrogen-bond donors (Lipinski definition) is 3. The first kappa shape index (κ1) is 26.8. The molecular weight excluding hydrogens is 474 g/mol. The van der Waals surface area contributed by atoms with E-state index in [9.17, 15) is 4.79 Å². The van der Waals surface area contributed by atoms with Gasteiger partial charge in [0.15, 0.2) is 5.76 Å². The molecule has 0 fully saturated rings. The minimum Gasteiger partial charge on any atom is -0.459 e. The Balaban J connectivity index is 1.45. The molecule has 0 aliphatic carbocycles. The number of para-hydroxylation sites is 2. The zero-order valence-electron chi connectivity index (χ0n) is 21.1. The average Bonchev–Trinajstić information content (AvgIpc) is 3.35. The highest BCUT2D eigenvalue weighted by molar-refractivity contribution is 5.91. The first-order chi connectivity index (χ1) is 18.2. The predicted octanol–water partition coefficient (Wildman–Crippen LogP) is 3.27. The number of aliphatic hydroxyl groups is 1. The number of aromatic nitrogens is 2. The summed E-state index contributed by atoms with van der Waals surface area (Å²) < 4.78 is 23.1. The van der Waals surface area contributed by atoms with E-state index in [4.69, 9.17) is 24.1 Å². The molecule has 3 aromatic rings. The summed E-state index contributed by atoms with van der Waals surface area (Å²) in [6.07, 6.45) is 1.96. The lowest BCUT2D eigenvalue weighted by molar-refractivity contribution is -0.168. The fraction of sp³-hybridized carbons (Fsp3) is 0.429. The van der Waals surface area contributed by atoms with Gasteiger partial charge in [-0.15, -0.1) is 0 Å². The number of rotatable bonds is 14. The molecule has 0 unspecified atom stereocenters. The number of fused-ring (bicyclic) bond motifs is 1. The molecule has 198 valence electrons. The molecule has 1 amide bonds. The fourth-order valence-corrected chi connectivity index (χ4v) is 4.44. The van der Waals surface area contributed by atoms with Gasteiger partial charge in [0.2, 0.25) is 6.29 Å². The number of nitrogens with one attached hydrogen (secondary N) is 2. The standard InChI is InChI=1S/C28H35N3O6/c1-2-36-28-21(12-14-34-16-17-35-15-13-32)22(20-8-4-3-5-9-20)18-25(37-28)27(33)29-19-26-30-23-10-6-7-11-24(23)31-26/h3-11,18,21-22,28,32H,2,12-17,19H2,1H3,(H,29,33)(H,30,31)/t21-,22-,28-/m0/s1. The van der Waals surface area contributed by atoms with E-state index in [0.717, 1.165) is 16.6 Å². The van der Waals surface area contributed by atoms with Crippen LogP contribution < -0.4 is 5.32 Å². The van der Waals surface area contributed by atoms with E-state index < -0.39 is 6.29 Å². The normalized spacial score (nSPS) is 19.4. The fourth-order valence-electron chi connectivity index (χ4n) is 4.44. The molecule has 37 heavy (non-hydrogen) atoms. The second-order valence-corrected chi connectivity index (χ2v) is 8.69. The SMILES string of the molecule is CCO[C@H]1OC(C(=O)NCc2nc3ccccc3[nH]2)=C[C@@H](c2ccccc2)[C@@H]1CCOCCOCCO. The number of allylic oxidation sites excluding steroid dienone is 1. The van der Waals surface area contributed by atoms with Gasteiger partial charge in [-0.2, -0.15) is 0 Å². The van der Waals surface area contributed by atoms with Crippen molar-refractivity contribution in [1.82, 2.24) is 15.3 Å². The summed E-state index contributed by atoms with van der Waals surface area (Å²) in [6.45, 7) is 4.26. The van der Waals surface area contributed by atoms with E-state index in [1.54, 1.807) is 0 Å². The molecule has 0 radical (unpaired) electrons. The Morgan fingerprint density at radius 3 is 2.57 bits per heavy atom. The number of carbonyl (C=O) groups is 1. The molecule has 0 spiro atoms. The Labute approximate surface area is 216 Å². The van der Waals surface area contributed by atoms with Crippen LogP contribution in [-0.4, -0.2) is 66.9 Å². The van der Waals surface area contributed by atoms with E-state index >= 15 is 0 Å². The molecule has 9 nitrogen and oxygen atoms in total. The Kier molecular flexibility index (Phi) is 10.1. The molecule has 0 saturated carbocycles. The Bertz CT molecular complexity index is 1120. The predicted molar refractivity (Wildman–Crippen MR) is 139 cm³/mol. The molecule has 4 rings (SSSR count). The minimum atomic E-state index is -0.596. The van der Waals surface area contributed by atoms with Crippen LogP contribution in [0.25, 0.3) is 11.0 Å². The highest BCUT2D eigenvalue weighted by atomic mass is 16.7. The van der Waals surface area contributed by atoms with Crippen molar-refractivity contribution in [3.8, 4) is 0 Å². The van der Waals surface area contributed by atoms with Crippen LogP contribution in [0.15, 0.2) is 66.4 Å². The van der Waals surface area contributed by atoms with Crippen molar-refractivity contribution in [3.05, 3.63) is 77.8 Å². The van der Waals surface area contributed by atoms with Gasteiger partial charge in [0.1, 0.15) is 5.82 Å². The van der Waals surface area contributed by atoms with Crippen LogP contribution >= 0.6 is 0 Å². The lowest BCUT2D eigenvalue weighted by Crippen LogP contribution is -2.39. The second-order valence-electron chi connectivity index (χ2n) is 8.69. The van der Waals surface area contributed by atoms with Crippen molar-refractivity contribution in [2.45, 2.75) is 32.1 Å². The van der Waals surface area contributed by atoms with Crippen LogP contribution in [0.2, 0.25) is 0 Å². The van der Waals surface area contributed by atoms with Gasteiger partial charge in [-0.25, -0.2) is 4.98 Å². The summed E-state index contributed by atoms with van der Waals surface area (Å²) in [7, 11) is 0. The van der Waals surface area contributed by atoms with Gasteiger partial charge in [-0.05, 0) is 37.1 Å². The van der Waals surface area contributed by atoms with Gasteiger partial charge < -0.3 is 34.4 Å². The van der Waals surface area contributed by atoms with Crippen LogP contribution in [-0.2, 0) is 30.3 Å². The second kappa shape index (κ2) is 13.9. The van der Waals surface area contributed by atoms with Crippen molar-refractivity contribution in [2.75, 3.05) is 39.6 Å². The minimum absolute atomic E-state index is 0.00523. The van der Waals surface area contributed by atoms with Crippen molar-refractivity contribution in [1.29, 1.82) is 0 Å². The van der Waals surface area contributed by atoms with Crippen LogP contribution in [0.1, 0.15) is 30.7 Å². The molecule has 3 N–H and O–H groups in total. The Morgan fingerprint density at radius 1 is 1.05 bits per heavy atom. The number of imidazole rings is 1. The van der Waals surface area contributed by atoms with Gasteiger partial charge >= 0.3 is 0 Å². The van der Waals surface area contributed by atoms with Crippen molar-refractivity contribution >= 4 is 16.9 Å². The van der Waals surface area contributed by atoms with Crippen LogP contribution in [0.4, 0.5) is 0 Å². The molecule has 2 aromatic carbocycles.